The minimum absolute atomic E-state index is 0.120. The van der Waals surface area contributed by atoms with Crippen molar-refractivity contribution >= 4 is 11.7 Å². The molecule has 0 radical (unpaired) electrons. The monoisotopic (exact) mass is 310 g/mol. The number of pyridine rings is 1. The first kappa shape index (κ1) is 15.3. The summed E-state index contributed by atoms with van der Waals surface area (Å²) in [4.78, 5) is 18.5. The van der Waals surface area contributed by atoms with Gasteiger partial charge in [0.2, 0.25) is 0 Å². The van der Waals surface area contributed by atoms with Gasteiger partial charge in [-0.1, -0.05) is 24.3 Å². The molecule has 1 fully saturated rings. The van der Waals surface area contributed by atoms with E-state index in [1.807, 2.05) is 37.3 Å². The topological polar surface area (TPSA) is 57.3 Å². The van der Waals surface area contributed by atoms with Gasteiger partial charge < -0.3 is 15.5 Å². The van der Waals surface area contributed by atoms with E-state index in [0.29, 0.717) is 6.54 Å². The standard InChI is InChI=1S/C18H22N4O/c1-14-7-8-15(11-19-14)12-20-18(23)21-16-9-10-22(13-16)17-5-3-2-4-6-17/h2-8,11,16H,9-10,12-13H2,1H3,(H2,20,21,23). The molecule has 5 heteroatoms. The molecule has 0 aliphatic carbocycles. The van der Waals surface area contributed by atoms with Gasteiger partial charge in [0.1, 0.15) is 0 Å². The van der Waals surface area contributed by atoms with Gasteiger partial charge in [-0.25, -0.2) is 4.79 Å². The molecule has 0 bridgehead atoms. The van der Waals surface area contributed by atoms with Crippen LogP contribution >= 0.6 is 0 Å². The first-order valence-corrected chi connectivity index (χ1v) is 7.96. The van der Waals surface area contributed by atoms with E-state index in [0.717, 1.165) is 30.8 Å². The molecule has 3 rings (SSSR count). The third kappa shape index (κ3) is 4.22. The number of hydrogen-bond donors (Lipinski definition) is 2. The van der Waals surface area contributed by atoms with Crippen molar-refractivity contribution in [2.75, 3.05) is 18.0 Å². The second-order valence-electron chi connectivity index (χ2n) is 5.90. The highest BCUT2D eigenvalue weighted by Crippen LogP contribution is 2.19. The van der Waals surface area contributed by atoms with Crippen LogP contribution in [0.15, 0.2) is 48.7 Å². The second-order valence-corrected chi connectivity index (χ2v) is 5.90. The van der Waals surface area contributed by atoms with E-state index < -0.39 is 0 Å². The van der Waals surface area contributed by atoms with E-state index in [4.69, 9.17) is 0 Å². The lowest BCUT2D eigenvalue weighted by atomic mass is 10.2. The van der Waals surface area contributed by atoms with Crippen LogP contribution in [0.3, 0.4) is 0 Å². The molecule has 1 unspecified atom stereocenters. The Hall–Kier alpha value is -2.56. The summed E-state index contributed by atoms with van der Waals surface area (Å²) in [5.74, 6) is 0. The molecule has 23 heavy (non-hydrogen) atoms. The number of para-hydroxylation sites is 1. The molecule has 1 atom stereocenters. The third-order valence-electron chi connectivity index (χ3n) is 4.07. The largest absolute Gasteiger partial charge is 0.369 e. The SMILES string of the molecule is Cc1ccc(CNC(=O)NC2CCN(c3ccccc3)C2)cn1. The Kier molecular flexibility index (Phi) is 4.76. The third-order valence-corrected chi connectivity index (χ3v) is 4.07. The number of carbonyl (C=O) groups is 1. The zero-order valence-electron chi connectivity index (χ0n) is 13.3. The summed E-state index contributed by atoms with van der Waals surface area (Å²) in [5.41, 5.74) is 3.19. The number of benzene rings is 1. The van der Waals surface area contributed by atoms with Gasteiger partial charge in [0, 0.05) is 43.3 Å². The highest BCUT2D eigenvalue weighted by atomic mass is 16.2. The van der Waals surface area contributed by atoms with Crippen molar-refractivity contribution in [2.45, 2.75) is 25.9 Å². The van der Waals surface area contributed by atoms with Gasteiger partial charge in [-0.3, -0.25) is 4.98 Å². The Bertz CT molecular complexity index is 642. The highest BCUT2D eigenvalue weighted by Gasteiger charge is 2.23. The Morgan fingerprint density at radius 3 is 2.83 bits per heavy atom. The van der Waals surface area contributed by atoms with E-state index in [2.05, 4.69) is 32.7 Å². The number of urea groups is 1. The number of carbonyl (C=O) groups excluding carboxylic acids is 1. The van der Waals surface area contributed by atoms with Crippen molar-refractivity contribution in [3.05, 3.63) is 59.9 Å². The minimum Gasteiger partial charge on any atom is -0.369 e. The lowest BCUT2D eigenvalue weighted by Gasteiger charge is -2.19. The molecule has 5 nitrogen and oxygen atoms in total. The van der Waals surface area contributed by atoms with Gasteiger partial charge in [-0.15, -0.1) is 0 Å². The summed E-state index contributed by atoms with van der Waals surface area (Å²) >= 11 is 0. The smallest absolute Gasteiger partial charge is 0.315 e. The van der Waals surface area contributed by atoms with Crippen LogP contribution in [0.2, 0.25) is 0 Å². The molecule has 120 valence electrons. The Morgan fingerprint density at radius 2 is 2.09 bits per heavy atom. The predicted octanol–water partition coefficient (Wildman–Crippen LogP) is 2.47. The van der Waals surface area contributed by atoms with Crippen LogP contribution in [0, 0.1) is 6.92 Å². The summed E-state index contributed by atoms with van der Waals surface area (Å²) in [6, 6.07) is 14.3. The fourth-order valence-electron chi connectivity index (χ4n) is 2.77. The van der Waals surface area contributed by atoms with E-state index >= 15 is 0 Å². The van der Waals surface area contributed by atoms with Crippen LogP contribution in [0.5, 0.6) is 0 Å². The lowest BCUT2D eigenvalue weighted by Crippen LogP contribution is -2.43. The zero-order chi connectivity index (χ0) is 16.1. The first-order chi connectivity index (χ1) is 11.2. The Balaban J connectivity index is 1.45. The predicted molar refractivity (Wildman–Crippen MR) is 91.4 cm³/mol. The van der Waals surface area contributed by atoms with Gasteiger partial charge in [0.05, 0.1) is 0 Å². The molecule has 2 N–H and O–H groups in total. The van der Waals surface area contributed by atoms with Crippen LogP contribution in [0.25, 0.3) is 0 Å². The number of nitrogens with one attached hydrogen (secondary N) is 2. The fourth-order valence-corrected chi connectivity index (χ4v) is 2.77. The fraction of sp³-hybridized carbons (Fsp3) is 0.333. The van der Waals surface area contributed by atoms with Gasteiger partial charge in [0.15, 0.2) is 0 Å². The molecule has 1 aliphatic heterocycles. The molecular formula is C18H22N4O. The average molecular weight is 310 g/mol. The maximum Gasteiger partial charge on any atom is 0.315 e. The van der Waals surface area contributed by atoms with E-state index in [9.17, 15) is 4.79 Å². The van der Waals surface area contributed by atoms with Gasteiger partial charge in [0.25, 0.3) is 0 Å². The molecule has 2 heterocycles. The van der Waals surface area contributed by atoms with Crippen molar-refractivity contribution in [1.29, 1.82) is 0 Å². The van der Waals surface area contributed by atoms with Crippen molar-refractivity contribution < 1.29 is 4.79 Å². The van der Waals surface area contributed by atoms with Crippen LogP contribution in [-0.4, -0.2) is 30.1 Å². The number of hydrogen-bond acceptors (Lipinski definition) is 3. The summed E-state index contributed by atoms with van der Waals surface area (Å²) in [5, 5.41) is 5.94. The summed E-state index contributed by atoms with van der Waals surface area (Å²) in [6.07, 6.45) is 2.76. The van der Waals surface area contributed by atoms with Crippen LogP contribution in [0.1, 0.15) is 17.7 Å². The van der Waals surface area contributed by atoms with Crippen molar-refractivity contribution in [1.82, 2.24) is 15.6 Å². The van der Waals surface area contributed by atoms with Crippen molar-refractivity contribution in [2.24, 2.45) is 0 Å². The van der Waals surface area contributed by atoms with E-state index in [1.54, 1.807) is 6.20 Å². The Labute approximate surface area is 136 Å². The van der Waals surface area contributed by atoms with Crippen LogP contribution in [0.4, 0.5) is 10.5 Å². The van der Waals surface area contributed by atoms with Crippen molar-refractivity contribution in [3.63, 3.8) is 0 Å². The molecule has 0 saturated carbocycles. The average Bonchev–Trinajstić information content (AvgIpc) is 3.04. The van der Waals surface area contributed by atoms with Gasteiger partial charge in [-0.2, -0.15) is 0 Å². The van der Waals surface area contributed by atoms with Crippen molar-refractivity contribution in [3.8, 4) is 0 Å². The van der Waals surface area contributed by atoms with Crippen LogP contribution in [-0.2, 0) is 6.54 Å². The normalized spacial score (nSPS) is 17.1. The molecule has 1 aromatic heterocycles. The minimum atomic E-state index is -0.120. The van der Waals surface area contributed by atoms with Gasteiger partial charge >= 0.3 is 6.03 Å². The Morgan fingerprint density at radius 1 is 1.26 bits per heavy atom. The highest BCUT2D eigenvalue weighted by molar-refractivity contribution is 5.74. The number of aryl methyl sites for hydroxylation is 1. The van der Waals surface area contributed by atoms with E-state index in [1.165, 1.54) is 5.69 Å². The summed E-state index contributed by atoms with van der Waals surface area (Å²) in [6.45, 7) is 4.26. The molecule has 1 aromatic carbocycles. The quantitative estimate of drug-likeness (QED) is 0.912. The maximum absolute atomic E-state index is 12.0. The molecule has 1 aliphatic rings. The van der Waals surface area contributed by atoms with Gasteiger partial charge in [-0.05, 0) is 37.1 Å². The molecule has 0 spiro atoms. The molecule has 1 saturated heterocycles. The van der Waals surface area contributed by atoms with Crippen LogP contribution < -0.4 is 15.5 Å². The zero-order valence-corrected chi connectivity index (χ0v) is 13.3. The molecule has 2 amide bonds. The lowest BCUT2D eigenvalue weighted by molar-refractivity contribution is 0.237. The summed E-state index contributed by atoms with van der Waals surface area (Å²) < 4.78 is 0. The van der Waals surface area contributed by atoms with E-state index in [-0.39, 0.29) is 12.1 Å². The second kappa shape index (κ2) is 7.13. The number of amides is 2. The molecular weight excluding hydrogens is 288 g/mol. The summed E-state index contributed by atoms with van der Waals surface area (Å²) in [7, 11) is 0. The number of anilines is 1. The number of aromatic nitrogens is 1. The number of rotatable bonds is 4. The first-order valence-electron chi connectivity index (χ1n) is 7.96. The molecule has 2 aromatic rings. The number of nitrogens with zero attached hydrogens (tertiary/aromatic N) is 2. The maximum atomic E-state index is 12.0.